The summed E-state index contributed by atoms with van der Waals surface area (Å²) < 4.78 is 33.1. The molecule has 0 aliphatic heterocycles. The number of nitrogens with zero attached hydrogens (tertiary/aromatic N) is 2. The van der Waals surface area contributed by atoms with Crippen molar-refractivity contribution in [1.82, 2.24) is 9.21 Å². The van der Waals surface area contributed by atoms with Crippen LogP contribution >= 0.6 is 0 Å². The Kier molecular flexibility index (Phi) is 7.60. The number of likely N-dealkylation sites (N-methyl/N-ethyl adjacent to an activating group) is 1. The van der Waals surface area contributed by atoms with E-state index in [0.29, 0.717) is 18.8 Å². The Morgan fingerprint density at radius 1 is 1.04 bits per heavy atom. The van der Waals surface area contributed by atoms with E-state index in [4.69, 9.17) is 4.74 Å². The van der Waals surface area contributed by atoms with E-state index in [9.17, 15) is 13.2 Å². The van der Waals surface area contributed by atoms with E-state index in [1.54, 1.807) is 31.1 Å². The summed E-state index contributed by atoms with van der Waals surface area (Å²) in [6, 6.07) is 14.0. The van der Waals surface area contributed by atoms with Crippen LogP contribution in [-0.2, 0) is 21.4 Å². The highest BCUT2D eigenvalue weighted by Gasteiger charge is 2.28. The molecule has 2 rings (SSSR count). The molecule has 0 saturated carbocycles. The third-order valence-electron chi connectivity index (χ3n) is 4.63. The molecule has 0 aromatic heterocycles. The quantitative estimate of drug-likeness (QED) is 0.644. The maximum absolute atomic E-state index is 13.3. The first kappa shape index (κ1) is 21.9. The van der Waals surface area contributed by atoms with Crippen molar-refractivity contribution in [2.24, 2.45) is 0 Å². The smallest absolute Gasteiger partial charge is 0.243 e. The Hall–Kier alpha value is -2.38. The van der Waals surface area contributed by atoms with Crippen LogP contribution in [0.4, 0.5) is 0 Å². The van der Waals surface area contributed by atoms with Crippen LogP contribution in [-0.4, -0.2) is 50.3 Å². The first-order chi connectivity index (χ1) is 13.3. The van der Waals surface area contributed by atoms with Gasteiger partial charge in [-0.25, -0.2) is 8.42 Å². The Balaban J connectivity index is 2.41. The lowest BCUT2D eigenvalue weighted by Gasteiger charge is -2.26. The van der Waals surface area contributed by atoms with E-state index < -0.39 is 10.0 Å². The number of carbonyl (C=O) groups excluding carboxylic acids is 1. The maximum Gasteiger partial charge on any atom is 0.243 e. The van der Waals surface area contributed by atoms with Gasteiger partial charge < -0.3 is 9.64 Å². The van der Waals surface area contributed by atoms with Crippen molar-refractivity contribution in [3.63, 3.8) is 0 Å². The maximum atomic E-state index is 13.3. The Morgan fingerprint density at radius 3 is 2.21 bits per heavy atom. The highest BCUT2D eigenvalue weighted by molar-refractivity contribution is 7.89. The molecule has 28 heavy (non-hydrogen) atoms. The van der Waals surface area contributed by atoms with Crippen molar-refractivity contribution in [2.75, 3.05) is 26.7 Å². The molecule has 1 amide bonds. The van der Waals surface area contributed by atoms with Gasteiger partial charge in [0.05, 0.1) is 18.6 Å². The van der Waals surface area contributed by atoms with Crippen LogP contribution in [0.5, 0.6) is 5.75 Å². The van der Waals surface area contributed by atoms with E-state index in [1.165, 1.54) is 10.4 Å². The Bertz CT molecular complexity index is 894. The SMILES string of the molecule is CCN(CC)C(=O)CN(Cc1ccccc1)S(=O)(=O)c1ccc(OC)c(C)c1. The van der Waals surface area contributed by atoms with E-state index in [-0.39, 0.29) is 23.9 Å². The summed E-state index contributed by atoms with van der Waals surface area (Å²) in [5, 5.41) is 0. The van der Waals surface area contributed by atoms with Crippen LogP contribution in [0, 0.1) is 6.92 Å². The number of aryl methyl sites for hydroxylation is 1. The van der Waals surface area contributed by atoms with E-state index in [2.05, 4.69) is 0 Å². The van der Waals surface area contributed by atoms with Gasteiger partial charge in [-0.3, -0.25) is 4.79 Å². The second-order valence-corrected chi connectivity index (χ2v) is 8.39. The number of hydrogen-bond donors (Lipinski definition) is 0. The van der Waals surface area contributed by atoms with Crippen LogP contribution in [0.1, 0.15) is 25.0 Å². The predicted octanol–water partition coefficient (Wildman–Crippen LogP) is 3.06. The van der Waals surface area contributed by atoms with Gasteiger partial charge in [-0.05, 0) is 50.1 Å². The van der Waals surface area contributed by atoms with Gasteiger partial charge in [0.25, 0.3) is 0 Å². The number of sulfonamides is 1. The topological polar surface area (TPSA) is 66.9 Å². The monoisotopic (exact) mass is 404 g/mol. The summed E-state index contributed by atoms with van der Waals surface area (Å²) in [5.74, 6) is 0.405. The van der Waals surface area contributed by atoms with Gasteiger partial charge in [-0.15, -0.1) is 0 Å². The summed E-state index contributed by atoms with van der Waals surface area (Å²) in [4.78, 5) is 14.4. The van der Waals surface area contributed by atoms with Gasteiger partial charge in [0, 0.05) is 19.6 Å². The molecule has 0 radical (unpaired) electrons. The summed E-state index contributed by atoms with van der Waals surface area (Å²) in [6.45, 7) is 6.55. The zero-order valence-electron chi connectivity index (χ0n) is 16.9. The lowest BCUT2D eigenvalue weighted by molar-refractivity contribution is -0.131. The molecule has 0 aliphatic rings. The molecule has 6 nitrogen and oxygen atoms in total. The molecular formula is C21H28N2O4S. The van der Waals surface area contributed by atoms with Crippen molar-refractivity contribution in [3.05, 3.63) is 59.7 Å². The molecular weight excluding hydrogens is 376 g/mol. The summed E-state index contributed by atoms with van der Waals surface area (Å²) in [5.41, 5.74) is 1.54. The molecule has 0 N–H and O–H groups in total. The second-order valence-electron chi connectivity index (χ2n) is 6.46. The average Bonchev–Trinajstić information content (AvgIpc) is 2.69. The molecule has 2 aromatic carbocycles. The first-order valence-corrected chi connectivity index (χ1v) is 10.7. The van der Waals surface area contributed by atoms with Crippen LogP contribution in [0.3, 0.4) is 0 Å². The molecule has 0 bridgehead atoms. The number of amides is 1. The molecule has 0 fully saturated rings. The summed E-state index contributed by atoms with van der Waals surface area (Å²) in [6.07, 6.45) is 0. The molecule has 0 heterocycles. The minimum atomic E-state index is -3.86. The van der Waals surface area contributed by atoms with Gasteiger partial charge in [-0.1, -0.05) is 30.3 Å². The highest BCUT2D eigenvalue weighted by atomic mass is 32.2. The van der Waals surface area contributed by atoms with Crippen molar-refractivity contribution in [2.45, 2.75) is 32.2 Å². The van der Waals surface area contributed by atoms with E-state index >= 15 is 0 Å². The van der Waals surface area contributed by atoms with Gasteiger partial charge in [-0.2, -0.15) is 4.31 Å². The van der Waals surface area contributed by atoms with Crippen LogP contribution in [0.2, 0.25) is 0 Å². The molecule has 152 valence electrons. The van der Waals surface area contributed by atoms with E-state index in [0.717, 1.165) is 11.1 Å². The van der Waals surface area contributed by atoms with Crippen molar-refractivity contribution >= 4 is 15.9 Å². The van der Waals surface area contributed by atoms with Crippen molar-refractivity contribution in [3.8, 4) is 5.75 Å². The second kappa shape index (κ2) is 9.71. The zero-order valence-corrected chi connectivity index (χ0v) is 17.7. The van der Waals surface area contributed by atoms with Crippen molar-refractivity contribution < 1.29 is 17.9 Å². The molecule has 0 atom stereocenters. The fourth-order valence-electron chi connectivity index (χ4n) is 3.00. The van der Waals surface area contributed by atoms with Gasteiger partial charge >= 0.3 is 0 Å². The van der Waals surface area contributed by atoms with Crippen LogP contribution in [0.15, 0.2) is 53.4 Å². The number of methoxy groups -OCH3 is 1. The molecule has 0 unspecified atom stereocenters. The number of hydrogen-bond acceptors (Lipinski definition) is 4. The predicted molar refractivity (Wildman–Crippen MR) is 110 cm³/mol. The Labute approximate surface area is 167 Å². The first-order valence-electron chi connectivity index (χ1n) is 9.30. The highest BCUT2D eigenvalue weighted by Crippen LogP contribution is 2.25. The van der Waals surface area contributed by atoms with Crippen LogP contribution < -0.4 is 4.74 Å². The minimum Gasteiger partial charge on any atom is -0.496 e. The fraction of sp³-hybridized carbons (Fsp3) is 0.381. The summed E-state index contributed by atoms with van der Waals surface area (Å²) >= 11 is 0. The lowest BCUT2D eigenvalue weighted by atomic mass is 10.2. The molecule has 0 spiro atoms. The van der Waals surface area contributed by atoms with Gasteiger partial charge in [0.2, 0.25) is 15.9 Å². The average molecular weight is 405 g/mol. The lowest BCUT2D eigenvalue weighted by Crippen LogP contribution is -2.42. The number of rotatable bonds is 9. The zero-order chi connectivity index (χ0) is 20.7. The number of benzene rings is 2. The number of carbonyl (C=O) groups is 1. The normalized spacial score (nSPS) is 11.5. The summed E-state index contributed by atoms with van der Waals surface area (Å²) in [7, 11) is -2.32. The molecule has 2 aromatic rings. The largest absolute Gasteiger partial charge is 0.496 e. The molecule has 0 aliphatic carbocycles. The standard InChI is InChI=1S/C21H28N2O4S/c1-5-22(6-2)21(24)16-23(15-18-10-8-7-9-11-18)28(25,26)19-12-13-20(27-4)17(3)14-19/h7-14H,5-6,15-16H2,1-4H3. The Morgan fingerprint density at radius 2 is 1.68 bits per heavy atom. The fourth-order valence-corrected chi connectivity index (χ4v) is 4.46. The third kappa shape index (κ3) is 5.11. The molecule has 7 heteroatoms. The minimum absolute atomic E-state index is 0.126. The third-order valence-corrected chi connectivity index (χ3v) is 6.42. The molecule has 0 saturated heterocycles. The van der Waals surface area contributed by atoms with E-state index in [1.807, 2.05) is 44.2 Å². The van der Waals surface area contributed by atoms with Gasteiger partial charge in [0.1, 0.15) is 5.75 Å². The number of ether oxygens (including phenoxy) is 1. The van der Waals surface area contributed by atoms with Gasteiger partial charge in [0.15, 0.2) is 0 Å². The van der Waals surface area contributed by atoms with Crippen molar-refractivity contribution in [1.29, 1.82) is 0 Å². The van der Waals surface area contributed by atoms with Crippen LogP contribution in [0.25, 0.3) is 0 Å².